The van der Waals surface area contributed by atoms with E-state index in [1.807, 2.05) is 6.92 Å². The van der Waals surface area contributed by atoms with Gasteiger partial charge in [-0.1, -0.05) is 52.0 Å². The lowest BCUT2D eigenvalue weighted by Gasteiger charge is -2.25. The molecule has 2 rings (SSSR count). The summed E-state index contributed by atoms with van der Waals surface area (Å²) in [5, 5.41) is 3.17. The zero-order chi connectivity index (χ0) is 17.9. The summed E-state index contributed by atoms with van der Waals surface area (Å²) in [5.41, 5.74) is 2.42. The highest BCUT2D eigenvalue weighted by atomic mass is 16.2. The molecule has 2 atom stereocenters. The van der Waals surface area contributed by atoms with Crippen molar-refractivity contribution < 1.29 is 9.59 Å². The minimum atomic E-state index is -0.228. The minimum absolute atomic E-state index is 0.00839. The van der Waals surface area contributed by atoms with Gasteiger partial charge in [-0.3, -0.25) is 9.59 Å². The lowest BCUT2D eigenvalue weighted by atomic mass is 9.92. The molecular weight excluding hydrogens is 300 g/mol. The van der Waals surface area contributed by atoms with Gasteiger partial charge >= 0.3 is 0 Å². The van der Waals surface area contributed by atoms with Gasteiger partial charge in [0.15, 0.2) is 0 Å². The largest absolute Gasteiger partial charge is 0.349 e. The maximum absolute atomic E-state index is 12.6. The molecular formula is C20H30N2O2. The topological polar surface area (TPSA) is 49.4 Å². The van der Waals surface area contributed by atoms with E-state index in [0.29, 0.717) is 31.3 Å². The van der Waals surface area contributed by atoms with Crippen LogP contribution in [0.2, 0.25) is 0 Å². The number of likely N-dealkylation sites (tertiary alicyclic amines) is 1. The molecule has 0 bridgehead atoms. The van der Waals surface area contributed by atoms with Crippen molar-refractivity contribution in [3.05, 3.63) is 35.4 Å². The second-order valence-electron chi connectivity index (χ2n) is 7.39. The number of hydrogen-bond acceptors (Lipinski definition) is 2. The van der Waals surface area contributed by atoms with Crippen LogP contribution in [0.25, 0.3) is 0 Å². The van der Waals surface area contributed by atoms with E-state index in [0.717, 1.165) is 5.56 Å². The van der Waals surface area contributed by atoms with Crippen molar-refractivity contribution in [3.63, 3.8) is 0 Å². The van der Waals surface area contributed by atoms with E-state index in [1.54, 1.807) is 4.90 Å². The van der Waals surface area contributed by atoms with E-state index >= 15 is 0 Å². The number of benzene rings is 1. The van der Waals surface area contributed by atoms with Crippen LogP contribution in [-0.2, 0) is 9.59 Å². The molecule has 1 aliphatic heterocycles. The summed E-state index contributed by atoms with van der Waals surface area (Å²) in [4.78, 5) is 26.2. The van der Waals surface area contributed by atoms with Crippen molar-refractivity contribution in [1.82, 2.24) is 10.2 Å². The van der Waals surface area contributed by atoms with Crippen LogP contribution < -0.4 is 5.32 Å². The number of carbonyl (C=O) groups is 2. The van der Waals surface area contributed by atoms with Gasteiger partial charge in [-0.05, 0) is 29.9 Å². The monoisotopic (exact) mass is 330 g/mol. The van der Waals surface area contributed by atoms with Gasteiger partial charge in [0.25, 0.3) is 0 Å². The van der Waals surface area contributed by atoms with Crippen LogP contribution in [-0.4, -0.2) is 29.8 Å². The summed E-state index contributed by atoms with van der Waals surface area (Å²) in [7, 11) is 0. The Labute approximate surface area is 145 Å². The maximum Gasteiger partial charge on any atom is 0.225 e. The summed E-state index contributed by atoms with van der Waals surface area (Å²) < 4.78 is 0. The van der Waals surface area contributed by atoms with Gasteiger partial charge in [0.05, 0.1) is 12.0 Å². The molecule has 1 heterocycles. The Kier molecular flexibility index (Phi) is 6.03. The molecule has 0 aromatic heterocycles. The first-order chi connectivity index (χ1) is 11.3. The molecule has 1 N–H and O–H groups in total. The summed E-state index contributed by atoms with van der Waals surface area (Å²) in [6.45, 7) is 11.7. The van der Waals surface area contributed by atoms with Gasteiger partial charge in [0.1, 0.15) is 0 Å². The fraction of sp³-hybridized carbons (Fsp3) is 0.600. The summed E-state index contributed by atoms with van der Waals surface area (Å²) in [6.07, 6.45) is 0.330. The summed E-state index contributed by atoms with van der Waals surface area (Å²) in [6, 6.07) is 8.47. The molecule has 24 heavy (non-hydrogen) atoms. The van der Waals surface area contributed by atoms with E-state index in [2.05, 4.69) is 57.3 Å². The zero-order valence-corrected chi connectivity index (χ0v) is 15.5. The number of hydrogen-bond donors (Lipinski definition) is 1. The van der Waals surface area contributed by atoms with Gasteiger partial charge in [-0.15, -0.1) is 0 Å². The SMILES string of the molecule is CCN1CC(C(=O)NC(c2ccc(C(C)C)cc2)C(C)C)CC1=O. The number of rotatable bonds is 6. The van der Waals surface area contributed by atoms with E-state index in [1.165, 1.54) is 5.56 Å². The van der Waals surface area contributed by atoms with E-state index in [-0.39, 0.29) is 23.8 Å². The Hall–Kier alpha value is -1.84. The molecule has 2 amide bonds. The van der Waals surface area contributed by atoms with Crippen LogP contribution in [0, 0.1) is 11.8 Å². The molecule has 2 unspecified atom stereocenters. The van der Waals surface area contributed by atoms with Crippen molar-refractivity contribution in [2.45, 2.75) is 53.0 Å². The van der Waals surface area contributed by atoms with Gasteiger partial charge in [0.2, 0.25) is 11.8 Å². The number of nitrogens with zero attached hydrogens (tertiary/aromatic N) is 1. The standard InChI is InChI=1S/C20H30N2O2/c1-6-22-12-17(11-18(22)23)20(24)21-19(14(4)5)16-9-7-15(8-10-16)13(2)3/h7-10,13-14,17,19H,6,11-12H2,1-5H3,(H,21,24). The third-order valence-corrected chi connectivity index (χ3v) is 4.89. The van der Waals surface area contributed by atoms with E-state index in [9.17, 15) is 9.59 Å². The van der Waals surface area contributed by atoms with Crippen LogP contribution in [0.4, 0.5) is 0 Å². The van der Waals surface area contributed by atoms with Gasteiger partial charge in [-0.2, -0.15) is 0 Å². The molecule has 0 saturated carbocycles. The Morgan fingerprint density at radius 1 is 1.17 bits per heavy atom. The summed E-state index contributed by atoms with van der Waals surface area (Å²) >= 11 is 0. The van der Waals surface area contributed by atoms with Gasteiger partial charge < -0.3 is 10.2 Å². The molecule has 1 saturated heterocycles. The Morgan fingerprint density at radius 2 is 1.75 bits per heavy atom. The van der Waals surface area contributed by atoms with Gasteiger partial charge in [-0.25, -0.2) is 0 Å². The van der Waals surface area contributed by atoms with E-state index in [4.69, 9.17) is 0 Å². The molecule has 1 aliphatic rings. The Bertz CT molecular complexity index is 578. The van der Waals surface area contributed by atoms with Crippen LogP contribution in [0.15, 0.2) is 24.3 Å². The first-order valence-corrected chi connectivity index (χ1v) is 9.01. The first kappa shape index (κ1) is 18.5. The number of amides is 2. The lowest BCUT2D eigenvalue weighted by Crippen LogP contribution is -2.37. The quantitative estimate of drug-likeness (QED) is 0.868. The maximum atomic E-state index is 12.6. The van der Waals surface area contributed by atoms with Crippen molar-refractivity contribution in [1.29, 1.82) is 0 Å². The van der Waals surface area contributed by atoms with Crippen molar-refractivity contribution in [3.8, 4) is 0 Å². The van der Waals surface area contributed by atoms with Crippen molar-refractivity contribution >= 4 is 11.8 Å². The van der Waals surface area contributed by atoms with Crippen LogP contribution in [0.5, 0.6) is 0 Å². The minimum Gasteiger partial charge on any atom is -0.349 e. The molecule has 4 nitrogen and oxygen atoms in total. The third kappa shape index (κ3) is 4.16. The summed E-state index contributed by atoms with van der Waals surface area (Å²) in [5.74, 6) is 0.633. The first-order valence-electron chi connectivity index (χ1n) is 9.01. The van der Waals surface area contributed by atoms with Crippen molar-refractivity contribution in [2.75, 3.05) is 13.1 Å². The van der Waals surface area contributed by atoms with Crippen molar-refractivity contribution in [2.24, 2.45) is 11.8 Å². The molecule has 1 fully saturated rings. The zero-order valence-electron chi connectivity index (χ0n) is 15.5. The molecule has 1 aromatic carbocycles. The fourth-order valence-electron chi connectivity index (χ4n) is 3.25. The molecule has 0 radical (unpaired) electrons. The number of carbonyl (C=O) groups excluding carboxylic acids is 2. The second kappa shape index (κ2) is 7.82. The molecule has 4 heteroatoms. The Balaban J connectivity index is 2.08. The highest BCUT2D eigenvalue weighted by Gasteiger charge is 2.34. The molecule has 132 valence electrons. The van der Waals surface area contributed by atoms with Crippen LogP contribution >= 0.6 is 0 Å². The highest BCUT2D eigenvalue weighted by molar-refractivity contribution is 5.89. The van der Waals surface area contributed by atoms with Crippen LogP contribution in [0.3, 0.4) is 0 Å². The van der Waals surface area contributed by atoms with E-state index < -0.39 is 0 Å². The fourth-order valence-corrected chi connectivity index (χ4v) is 3.25. The third-order valence-electron chi connectivity index (χ3n) is 4.89. The lowest BCUT2D eigenvalue weighted by molar-refractivity contribution is -0.129. The molecule has 1 aromatic rings. The van der Waals surface area contributed by atoms with Crippen LogP contribution in [0.1, 0.15) is 64.1 Å². The second-order valence-corrected chi connectivity index (χ2v) is 7.39. The smallest absolute Gasteiger partial charge is 0.225 e. The molecule has 0 aliphatic carbocycles. The highest BCUT2D eigenvalue weighted by Crippen LogP contribution is 2.26. The predicted octanol–water partition coefficient (Wildman–Crippen LogP) is 3.49. The average molecular weight is 330 g/mol. The predicted molar refractivity (Wildman–Crippen MR) is 96.6 cm³/mol. The average Bonchev–Trinajstić information content (AvgIpc) is 2.93. The Morgan fingerprint density at radius 3 is 2.21 bits per heavy atom. The number of nitrogens with one attached hydrogen (secondary N) is 1. The van der Waals surface area contributed by atoms with Gasteiger partial charge in [0, 0.05) is 19.5 Å². The molecule has 0 spiro atoms. The normalized spacial score (nSPS) is 19.2.